The van der Waals surface area contributed by atoms with Gasteiger partial charge in [0.2, 0.25) is 0 Å². The van der Waals surface area contributed by atoms with Crippen molar-refractivity contribution in [2.45, 2.75) is 33.2 Å². The third kappa shape index (κ3) is 8.91. The molecule has 0 radical (unpaired) electrons. The van der Waals surface area contributed by atoms with E-state index in [2.05, 4.69) is 95.0 Å². The smallest absolute Gasteiger partial charge is 0.119 e. The van der Waals surface area contributed by atoms with Crippen molar-refractivity contribution in [3.63, 3.8) is 0 Å². The molecule has 0 unspecified atom stereocenters. The predicted molar refractivity (Wildman–Crippen MR) is 168 cm³/mol. The zero-order valence-electron chi connectivity index (χ0n) is 24.9. The van der Waals surface area contributed by atoms with Gasteiger partial charge >= 0.3 is 0 Å². The van der Waals surface area contributed by atoms with Crippen LogP contribution in [0.25, 0.3) is 21.8 Å². The molecule has 0 amide bonds. The van der Waals surface area contributed by atoms with Crippen molar-refractivity contribution in [1.82, 2.24) is 20.2 Å². The average Bonchev–Trinajstić information content (AvgIpc) is 3.54. The number of nitrogens with one attached hydrogen (secondary N) is 3. The number of aryl methyl sites for hydroxylation is 2. The molecule has 0 fully saturated rings. The lowest BCUT2D eigenvalue weighted by molar-refractivity contribution is 0.415. The zero-order chi connectivity index (χ0) is 28.6. The van der Waals surface area contributed by atoms with E-state index in [0.29, 0.717) is 0 Å². The number of aromatic nitrogens is 2. The number of hydrogen-bond acceptors (Lipinski definition) is 4. The van der Waals surface area contributed by atoms with Gasteiger partial charge in [-0.15, -0.1) is 0 Å². The van der Waals surface area contributed by atoms with Gasteiger partial charge in [-0.3, -0.25) is 0 Å². The topological polar surface area (TPSA) is 63.2 Å². The number of rotatable bonds is 6. The van der Waals surface area contributed by atoms with Crippen LogP contribution in [0.15, 0.2) is 79.1 Å². The minimum absolute atomic E-state index is 0.906. The summed E-state index contributed by atoms with van der Waals surface area (Å²) in [5.41, 5.74) is 6.48. The average molecular weight is 531 g/mol. The summed E-state index contributed by atoms with van der Waals surface area (Å²) in [5.74, 6) is 1.84. The minimum Gasteiger partial charge on any atom is -0.497 e. The van der Waals surface area contributed by atoms with Crippen LogP contribution in [-0.4, -0.2) is 52.0 Å². The van der Waals surface area contributed by atoms with Gasteiger partial charge in [0.05, 0.1) is 14.2 Å². The Balaban J connectivity index is 0.000000241. The van der Waals surface area contributed by atoms with Gasteiger partial charge in [-0.05, 0) is 94.1 Å². The number of methoxy groups -OCH3 is 2. The van der Waals surface area contributed by atoms with Crippen LogP contribution in [0.4, 0.5) is 0 Å². The molecule has 0 bridgehead atoms. The Hall–Kier alpha value is -3.74. The zero-order valence-corrected chi connectivity index (χ0v) is 24.9. The molecule has 6 nitrogen and oxygen atoms in total. The highest BCUT2D eigenvalue weighted by Gasteiger charge is 2.09. The molecule has 39 heavy (non-hydrogen) atoms. The Bertz CT molecular complexity index is 1370. The van der Waals surface area contributed by atoms with Crippen LogP contribution in [0.1, 0.15) is 30.5 Å². The number of fused-ring (bicyclic) bond motifs is 2. The fraction of sp³-hybridized carbons (Fsp3) is 0.333. The quantitative estimate of drug-likeness (QED) is 0.229. The van der Waals surface area contributed by atoms with E-state index in [-0.39, 0.29) is 0 Å². The Kier molecular flexibility index (Phi) is 13.7. The monoisotopic (exact) mass is 530 g/mol. The second-order valence-corrected chi connectivity index (χ2v) is 9.08. The summed E-state index contributed by atoms with van der Waals surface area (Å²) < 4.78 is 12.8. The molecular formula is C33H46N4O2. The van der Waals surface area contributed by atoms with Gasteiger partial charge in [-0.2, -0.15) is 0 Å². The van der Waals surface area contributed by atoms with Gasteiger partial charge in [-0.1, -0.05) is 44.2 Å². The number of hydrogen-bond donors (Lipinski definition) is 3. The fourth-order valence-electron chi connectivity index (χ4n) is 4.25. The normalized spacial score (nSPS) is 10.1. The summed E-state index contributed by atoms with van der Waals surface area (Å²) in [6, 6.07) is 23.0. The summed E-state index contributed by atoms with van der Waals surface area (Å²) in [6.07, 6.45) is 6.40. The first kappa shape index (κ1) is 31.5. The van der Waals surface area contributed by atoms with E-state index in [9.17, 15) is 0 Å². The maximum atomic E-state index is 5.34. The molecule has 0 aliphatic rings. The SMILES string of the molecule is CCc1c[nH]c2ccc(OC)cc12.CCc1cn(Cc2ccccc2)c2ccc(OC)cc12.CNC.CNC. The Labute approximate surface area is 234 Å². The van der Waals surface area contributed by atoms with Gasteiger partial charge < -0.3 is 29.7 Å². The van der Waals surface area contributed by atoms with E-state index in [1.807, 2.05) is 46.4 Å². The van der Waals surface area contributed by atoms with Crippen molar-refractivity contribution in [3.05, 3.63) is 95.8 Å². The first-order valence-electron chi connectivity index (χ1n) is 13.5. The largest absolute Gasteiger partial charge is 0.497 e. The van der Waals surface area contributed by atoms with Crippen LogP contribution in [0.2, 0.25) is 0 Å². The molecular weight excluding hydrogens is 484 g/mol. The summed E-state index contributed by atoms with van der Waals surface area (Å²) in [5, 5.41) is 8.06. The molecule has 0 saturated carbocycles. The molecule has 3 aromatic carbocycles. The minimum atomic E-state index is 0.906. The number of aromatic amines is 1. The van der Waals surface area contributed by atoms with Crippen molar-refractivity contribution in [2.24, 2.45) is 0 Å². The van der Waals surface area contributed by atoms with Crippen LogP contribution in [0.3, 0.4) is 0 Å². The van der Waals surface area contributed by atoms with Gasteiger partial charge in [0, 0.05) is 40.7 Å². The highest BCUT2D eigenvalue weighted by molar-refractivity contribution is 5.86. The fourth-order valence-corrected chi connectivity index (χ4v) is 4.25. The van der Waals surface area contributed by atoms with Gasteiger partial charge in [-0.25, -0.2) is 0 Å². The van der Waals surface area contributed by atoms with Crippen molar-refractivity contribution in [1.29, 1.82) is 0 Å². The first-order chi connectivity index (χ1) is 19.0. The van der Waals surface area contributed by atoms with Gasteiger partial charge in [0.1, 0.15) is 11.5 Å². The van der Waals surface area contributed by atoms with E-state index in [4.69, 9.17) is 9.47 Å². The van der Waals surface area contributed by atoms with Crippen molar-refractivity contribution in [2.75, 3.05) is 42.4 Å². The maximum absolute atomic E-state index is 5.34. The third-order valence-electron chi connectivity index (χ3n) is 6.10. The molecule has 6 heteroatoms. The summed E-state index contributed by atoms with van der Waals surface area (Å²) in [6.45, 7) is 5.26. The molecule has 0 aliphatic carbocycles. The Morgan fingerprint density at radius 1 is 0.718 bits per heavy atom. The number of H-pyrrole nitrogens is 1. The van der Waals surface area contributed by atoms with E-state index in [1.54, 1.807) is 14.2 Å². The lowest BCUT2D eigenvalue weighted by Crippen LogP contribution is -1.97. The van der Waals surface area contributed by atoms with Crippen LogP contribution < -0.4 is 20.1 Å². The predicted octanol–water partition coefficient (Wildman–Crippen LogP) is 6.67. The van der Waals surface area contributed by atoms with E-state index in [0.717, 1.165) is 30.9 Å². The summed E-state index contributed by atoms with van der Waals surface area (Å²) in [4.78, 5) is 3.23. The lowest BCUT2D eigenvalue weighted by Gasteiger charge is -2.06. The molecule has 0 atom stereocenters. The molecule has 210 valence electrons. The van der Waals surface area contributed by atoms with Crippen molar-refractivity contribution >= 4 is 21.8 Å². The third-order valence-corrected chi connectivity index (χ3v) is 6.10. The second-order valence-electron chi connectivity index (χ2n) is 9.08. The molecule has 2 heterocycles. The number of benzene rings is 3. The molecule has 0 saturated heterocycles. The maximum Gasteiger partial charge on any atom is 0.119 e. The van der Waals surface area contributed by atoms with Gasteiger partial charge in [0.25, 0.3) is 0 Å². The molecule has 3 N–H and O–H groups in total. The van der Waals surface area contributed by atoms with E-state index < -0.39 is 0 Å². The number of nitrogens with zero attached hydrogens (tertiary/aromatic N) is 1. The summed E-state index contributed by atoms with van der Waals surface area (Å²) >= 11 is 0. The van der Waals surface area contributed by atoms with Crippen molar-refractivity contribution < 1.29 is 9.47 Å². The Morgan fingerprint density at radius 2 is 1.28 bits per heavy atom. The highest BCUT2D eigenvalue weighted by Crippen LogP contribution is 2.27. The second kappa shape index (κ2) is 17.0. The van der Waals surface area contributed by atoms with Crippen LogP contribution in [-0.2, 0) is 19.4 Å². The molecule has 0 spiro atoms. The molecule has 5 rings (SSSR count). The molecule has 0 aliphatic heterocycles. The molecule has 5 aromatic rings. The molecule has 2 aromatic heterocycles. The standard InChI is InChI=1S/C18H19NO.C11H13NO.2C2H7N/c1-3-15-13-19(12-14-7-5-4-6-8-14)18-10-9-16(20-2)11-17(15)18;1-3-8-7-12-11-5-4-9(13-2)6-10(8)11;2*1-3-2/h4-11,13H,3,12H2,1-2H3;4-7,12H,3H2,1-2H3;2*3H,1-2H3. The van der Waals surface area contributed by atoms with Crippen LogP contribution in [0, 0.1) is 0 Å². The van der Waals surface area contributed by atoms with Crippen LogP contribution in [0.5, 0.6) is 11.5 Å². The van der Waals surface area contributed by atoms with E-state index in [1.165, 1.54) is 38.5 Å². The summed E-state index contributed by atoms with van der Waals surface area (Å²) in [7, 11) is 10.9. The van der Waals surface area contributed by atoms with Gasteiger partial charge in [0.15, 0.2) is 0 Å². The lowest BCUT2D eigenvalue weighted by atomic mass is 10.1. The highest BCUT2D eigenvalue weighted by atomic mass is 16.5. The van der Waals surface area contributed by atoms with Crippen LogP contribution >= 0.6 is 0 Å². The first-order valence-corrected chi connectivity index (χ1v) is 13.5. The number of ether oxygens (including phenoxy) is 2. The van der Waals surface area contributed by atoms with E-state index >= 15 is 0 Å². The van der Waals surface area contributed by atoms with Crippen molar-refractivity contribution in [3.8, 4) is 11.5 Å². The Morgan fingerprint density at radius 3 is 1.85 bits per heavy atom.